The first-order chi connectivity index (χ1) is 6.27. The number of primary amides is 2. The standard InChI is InChI=1S/C8H14N2O4/c1-4(6(9)13)5(12)8(2,3-11)7(10)14/h3-5,12H,1-2H3,(H2,9,13)(H2,10,14). The fourth-order valence-corrected chi connectivity index (χ4v) is 0.948. The molecule has 0 heterocycles. The molecule has 6 heteroatoms. The number of aliphatic hydroxyl groups is 1. The van der Waals surface area contributed by atoms with Crippen LogP contribution in [0.25, 0.3) is 0 Å². The van der Waals surface area contributed by atoms with Gasteiger partial charge >= 0.3 is 0 Å². The molecule has 0 radical (unpaired) electrons. The first-order valence-electron chi connectivity index (χ1n) is 4.01. The Kier molecular flexibility index (Phi) is 3.76. The molecule has 0 aliphatic rings. The van der Waals surface area contributed by atoms with Gasteiger partial charge in [-0.3, -0.25) is 9.59 Å². The van der Waals surface area contributed by atoms with Gasteiger partial charge in [0.05, 0.1) is 12.0 Å². The van der Waals surface area contributed by atoms with E-state index < -0.39 is 29.3 Å². The second-order valence-corrected chi connectivity index (χ2v) is 3.40. The highest BCUT2D eigenvalue weighted by atomic mass is 16.3. The maximum Gasteiger partial charge on any atom is 0.233 e. The van der Waals surface area contributed by atoms with Crippen LogP contribution in [0.5, 0.6) is 0 Å². The fourth-order valence-electron chi connectivity index (χ4n) is 0.948. The number of nitrogens with two attached hydrogens (primary N) is 2. The van der Waals surface area contributed by atoms with Crippen molar-refractivity contribution in [1.29, 1.82) is 0 Å². The van der Waals surface area contributed by atoms with Crippen molar-refractivity contribution in [1.82, 2.24) is 0 Å². The van der Waals surface area contributed by atoms with Gasteiger partial charge in [0.15, 0.2) is 0 Å². The first-order valence-corrected chi connectivity index (χ1v) is 4.01. The maximum absolute atomic E-state index is 10.9. The SMILES string of the molecule is CC(C(N)=O)C(O)C(C)(C=O)C(N)=O. The van der Waals surface area contributed by atoms with Crippen LogP contribution in [0.4, 0.5) is 0 Å². The molecule has 0 saturated carbocycles. The van der Waals surface area contributed by atoms with Crippen molar-refractivity contribution in [3.8, 4) is 0 Å². The van der Waals surface area contributed by atoms with Crippen LogP contribution >= 0.6 is 0 Å². The molecule has 0 aromatic rings. The third-order valence-electron chi connectivity index (χ3n) is 2.31. The molecule has 6 nitrogen and oxygen atoms in total. The summed E-state index contributed by atoms with van der Waals surface area (Å²) in [5, 5.41) is 9.54. The minimum atomic E-state index is -1.78. The normalized spacial score (nSPS) is 19.1. The summed E-state index contributed by atoms with van der Waals surface area (Å²) in [4.78, 5) is 32.2. The Bertz CT molecular complexity index is 266. The van der Waals surface area contributed by atoms with Gasteiger partial charge in [0.25, 0.3) is 0 Å². The van der Waals surface area contributed by atoms with Gasteiger partial charge in [-0.15, -0.1) is 0 Å². The monoisotopic (exact) mass is 202 g/mol. The predicted molar refractivity (Wildman–Crippen MR) is 47.7 cm³/mol. The average Bonchev–Trinajstić information content (AvgIpc) is 2.13. The molecule has 80 valence electrons. The van der Waals surface area contributed by atoms with Crippen LogP contribution in [0, 0.1) is 11.3 Å². The molecule has 0 aromatic carbocycles. The summed E-state index contributed by atoms with van der Waals surface area (Å²) >= 11 is 0. The van der Waals surface area contributed by atoms with E-state index in [1.165, 1.54) is 6.92 Å². The van der Waals surface area contributed by atoms with Crippen molar-refractivity contribution in [3.63, 3.8) is 0 Å². The topological polar surface area (TPSA) is 123 Å². The maximum atomic E-state index is 10.9. The first kappa shape index (κ1) is 12.6. The van der Waals surface area contributed by atoms with E-state index in [4.69, 9.17) is 11.5 Å². The van der Waals surface area contributed by atoms with E-state index in [0.717, 1.165) is 6.92 Å². The molecule has 3 unspecified atom stereocenters. The van der Waals surface area contributed by atoms with Gasteiger partial charge in [-0.05, 0) is 6.92 Å². The summed E-state index contributed by atoms with van der Waals surface area (Å²) in [7, 11) is 0. The molecule has 0 rings (SSSR count). The molecule has 0 bridgehead atoms. The molecule has 3 atom stereocenters. The summed E-state index contributed by atoms with van der Waals surface area (Å²) < 4.78 is 0. The van der Waals surface area contributed by atoms with E-state index in [1.807, 2.05) is 0 Å². The fraction of sp³-hybridized carbons (Fsp3) is 0.625. The Morgan fingerprint density at radius 1 is 1.43 bits per heavy atom. The number of aliphatic hydroxyl groups excluding tert-OH is 1. The largest absolute Gasteiger partial charge is 0.391 e. The lowest BCUT2D eigenvalue weighted by Gasteiger charge is -2.28. The van der Waals surface area contributed by atoms with Gasteiger partial charge in [0, 0.05) is 0 Å². The number of hydrogen-bond acceptors (Lipinski definition) is 4. The van der Waals surface area contributed by atoms with E-state index in [-0.39, 0.29) is 6.29 Å². The summed E-state index contributed by atoms with van der Waals surface area (Å²) in [5.41, 5.74) is 8.08. The molecule has 0 saturated heterocycles. The third-order valence-corrected chi connectivity index (χ3v) is 2.31. The predicted octanol–water partition coefficient (Wildman–Crippen LogP) is -1.84. The lowest BCUT2D eigenvalue weighted by Crippen LogP contribution is -2.50. The van der Waals surface area contributed by atoms with Crippen LogP contribution in [0.15, 0.2) is 0 Å². The minimum absolute atomic E-state index is 0.222. The van der Waals surface area contributed by atoms with Gasteiger partial charge < -0.3 is 21.4 Å². The van der Waals surface area contributed by atoms with Gasteiger partial charge in [0.1, 0.15) is 11.7 Å². The van der Waals surface area contributed by atoms with Crippen LogP contribution in [-0.2, 0) is 14.4 Å². The van der Waals surface area contributed by atoms with E-state index in [9.17, 15) is 19.5 Å². The van der Waals surface area contributed by atoms with Crippen LogP contribution in [0.2, 0.25) is 0 Å². The Labute approximate surface area is 81.3 Å². The number of rotatable bonds is 5. The van der Waals surface area contributed by atoms with E-state index in [0.29, 0.717) is 0 Å². The van der Waals surface area contributed by atoms with Crippen molar-refractivity contribution >= 4 is 18.1 Å². The highest BCUT2D eigenvalue weighted by molar-refractivity contribution is 5.96. The summed E-state index contributed by atoms with van der Waals surface area (Å²) in [5.74, 6) is -2.81. The number of aldehydes is 1. The molecular weight excluding hydrogens is 188 g/mol. The third kappa shape index (κ3) is 2.08. The zero-order chi connectivity index (χ0) is 11.5. The zero-order valence-corrected chi connectivity index (χ0v) is 8.06. The molecule has 5 N–H and O–H groups in total. The Morgan fingerprint density at radius 3 is 2.07 bits per heavy atom. The molecule has 2 amide bonds. The summed E-state index contributed by atoms with van der Waals surface area (Å²) in [6.07, 6.45) is -1.28. The number of carbonyl (C=O) groups is 3. The number of hydrogen-bond donors (Lipinski definition) is 3. The number of amides is 2. The lowest BCUT2D eigenvalue weighted by atomic mass is 9.79. The lowest BCUT2D eigenvalue weighted by molar-refractivity contribution is -0.144. The summed E-state index contributed by atoms with van der Waals surface area (Å²) in [6.45, 7) is 2.48. The molecule has 0 fully saturated rings. The molecule has 0 aromatic heterocycles. The molecule has 0 aliphatic heterocycles. The van der Waals surface area contributed by atoms with Gasteiger partial charge in [-0.25, -0.2) is 0 Å². The Hall–Kier alpha value is -1.43. The average molecular weight is 202 g/mol. The second-order valence-electron chi connectivity index (χ2n) is 3.40. The van der Waals surface area contributed by atoms with Gasteiger partial charge in [-0.2, -0.15) is 0 Å². The quantitative estimate of drug-likeness (QED) is 0.358. The molecule has 0 spiro atoms. The van der Waals surface area contributed by atoms with E-state index >= 15 is 0 Å². The molecule has 14 heavy (non-hydrogen) atoms. The van der Waals surface area contributed by atoms with Crippen LogP contribution < -0.4 is 11.5 Å². The van der Waals surface area contributed by atoms with Gasteiger partial charge in [-0.1, -0.05) is 6.92 Å². The molecule has 0 aliphatic carbocycles. The van der Waals surface area contributed by atoms with Crippen molar-refractivity contribution in [3.05, 3.63) is 0 Å². The minimum Gasteiger partial charge on any atom is -0.391 e. The van der Waals surface area contributed by atoms with Crippen LogP contribution in [0.3, 0.4) is 0 Å². The smallest absolute Gasteiger partial charge is 0.233 e. The second kappa shape index (κ2) is 4.19. The highest BCUT2D eigenvalue weighted by Crippen LogP contribution is 2.23. The van der Waals surface area contributed by atoms with Crippen molar-refractivity contribution in [2.24, 2.45) is 22.8 Å². The van der Waals surface area contributed by atoms with Crippen molar-refractivity contribution in [2.45, 2.75) is 20.0 Å². The number of carbonyl (C=O) groups excluding carboxylic acids is 3. The highest BCUT2D eigenvalue weighted by Gasteiger charge is 2.43. The Morgan fingerprint density at radius 2 is 1.86 bits per heavy atom. The van der Waals surface area contributed by atoms with E-state index in [1.54, 1.807) is 0 Å². The van der Waals surface area contributed by atoms with E-state index in [2.05, 4.69) is 0 Å². The van der Waals surface area contributed by atoms with Crippen LogP contribution in [0.1, 0.15) is 13.8 Å². The zero-order valence-electron chi connectivity index (χ0n) is 8.06. The van der Waals surface area contributed by atoms with Crippen LogP contribution in [-0.4, -0.2) is 29.3 Å². The molecular formula is C8H14N2O4. The van der Waals surface area contributed by atoms with Crippen molar-refractivity contribution in [2.75, 3.05) is 0 Å². The Balaban J connectivity index is 4.96. The van der Waals surface area contributed by atoms with Crippen molar-refractivity contribution < 1.29 is 19.5 Å². The summed E-state index contributed by atoms with van der Waals surface area (Å²) in [6, 6.07) is 0. The van der Waals surface area contributed by atoms with Gasteiger partial charge in [0.2, 0.25) is 11.8 Å².